The molecule has 2 atom stereocenters. The number of amides is 1. The molecule has 13 heteroatoms. The van der Waals surface area contributed by atoms with Gasteiger partial charge in [0.25, 0.3) is 0 Å². The van der Waals surface area contributed by atoms with E-state index >= 15 is 0 Å². The highest BCUT2D eigenvalue weighted by Crippen LogP contribution is 2.41. The number of nitrogens with zero attached hydrogens (tertiary/aromatic N) is 7. The number of likely N-dealkylation sites (N-methyl/N-ethyl adjacent to an activating group) is 1. The van der Waals surface area contributed by atoms with E-state index in [4.69, 9.17) is 14.7 Å². The van der Waals surface area contributed by atoms with Crippen LogP contribution in [0.5, 0.6) is 6.01 Å². The van der Waals surface area contributed by atoms with Gasteiger partial charge in [-0.05, 0) is 50.4 Å². The standard InChI is InChI=1S/C31H34F3N7O3/c1-38-13-4-7-22(38)19-44-29-36-25-18-39(26-9-3-6-20-5-2-8-24(27(20)26)31(32,33)34)14-11-23(25)28(37-29)40-15-16-41(30(42)43)21(17-40)10-12-35/h2-3,5-6,8-9,21-22H,4,7,10-11,13-19H2,1H3,(H,42,43). The monoisotopic (exact) mass is 609 g/mol. The number of hydrogen-bond acceptors (Lipinski definition) is 8. The lowest BCUT2D eigenvalue weighted by atomic mass is 9.98. The molecular weight excluding hydrogens is 575 g/mol. The van der Waals surface area contributed by atoms with Gasteiger partial charge in [0, 0.05) is 48.9 Å². The minimum atomic E-state index is -4.51. The minimum absolute atomic E-state index is 0.0455. The van der Waals surface area contributed by atoms with Gasteiger partial charge in [-0.2, -0.15) is 28.4 Å². The maximum atomic E-state index is 14.1. The van der Waals surface area contributed by atoms with Crippen LogP contribution in [0.4, 0.5) is 29.5 Å². The molecule has 1 aromatic heterocycles. The van der Waals surface area contributed by atoms with Gasteiger partial charge in [0.05, 0.1) is 36.3 Å². The van der Waals surface area contributed by atoms with Crippen LogP contribution in [-0.4, -0.2) is 89.4 Å². The van der Waals surface area contributed by atoms with Gasteiger partial charge in [-0.25, -0.2) is 4.79 Å². The zero-order chi connectivity index (χ0) is 31.0. The number of nitriles is 1. The van der Waals surface area contributed by atoms with Gasteiger partial charge < -0.3 is 29.4 Å². The summed E-state index contributed by atoms with van der Waals surface area (Å²) in [5.74, 6) is 0.631. The van der Waals surface area contributed by atoms with Gasteiger partial charge in [0.2, 0.25) is 0 Å². The zero-order valence-electron chi connectivity index (χ0n) is 24.4. The van der Waals surface area contributed by atoms with Crippen LogP contribution in [-0.2, 0) is 19.1 Å². The number of likely N-dealkylation sites (tertiary alicyclic amines) is 1. The van der Waals surface area contributed by atoms with E-state index in [1.54, 1.807) is 24.3 Å². The van der Waals surface area contributed by atoms with Gasteiger partial charge in [-0.15, -0.1) is 0 Å². The van der Waals surface area contributed by atoms with Crippen molar-refractivity contribution in [3.8, 4) is 12.1 Å². The molecule has 44 heavy (non-hydrogen) atoms. The van der Waals surface area contributed by atoms with Crippen molar-refractivity contribution in [1.82, 2.24) is 19.8 Å². The predicted octanol–water partition coefficient (Wildman–Crippen LogP) is 4.77. The maximum absolute atomic E-state index is 14.1. The third kappa shape index (κ3) is 5.78. The predicted molar refractivity (Wildman–Crippen MR) is 158 cm³/mol. The quantitative estimate of drug-likeness (QED) is 0.423. The van der Waals surface area contributed by atoms with Crippen LogP contribution < -0.4 is 14.5 Å². The lowest BCUT2D eigenvalue weighted by Crippen LogP contribution is -2.55. The van der Waals surface area contributed by atoms with E-state index in [-0.39, 0.29) is 43.5 Å². The molecule has 0 spiro atoms. The Hall–Kier alpha value is -4.31. The second-order valence-corrected chi connectivity index (χ2v) is 11.6. The zero-order valence-corrected chi connectivity index (χ0v) is 24.4. The van der Waals surface area contributed by atoms with Gasteiger partial charge in [0.1, 0.15) is 12.4 Å². The Kier molecular flexibility index (Phi) is 8.11. The summed E-state index contributed by atoms with van der Waals surface area (Å²) in [6.45, 7) is 2.97. The molecular formula is C31H34F3N7O3. The van der Waals surface area contributed by atoms with Crippen molar-refractivity contribution >= 4 is 28.4 Å². The summed E-state index contributed by atoms with van der Waals surface area (Å²) >= 11 is 0. The van der Waals surface area contributed by atoms with E-state index in [9.17, 15) is 28.3 Å². The van der Waals surface area contributed by atoms with Crippen LogP contribution in [0.2, 0.25) is 0 Å². The fraction of sp³-hybridized carbons (Fsp3) is 0.484. The molecule has 0 aliphatic carbocycles. The van der Waals surface area contributed by atoms with E-state index < -0.39 is 23.9 Å². The van der Waals surface area contributed by atoms with Crippen molar-refractivity contribution in [3.63, 3.8) is 0 Å². The van der Waals surface area contributed by atoms with Crippen molar-refractivity contribution in [2.24, 2.45) is 0 Å². The Balaban J connectivity index is 1.37. The van der Waals surface area contributed by atoms with Crippen molar-refractivity contribution < 1.29 is 27.8 Å². The van der Waals surface area contributed by atoms with E-state index in [0.717, 1.165) is 31.0 Å². The fourth-order valence-corrected chi connectivity index (χ4v) is 6.68. The summed E-state index contributed by atoms with van der Waals surface area (Å²) < 4.78 is 48.4. The molecule has 232 valence electrons. The first-order chi connectivity index (χ1) is 21.1. The first-order valence-corrected chi connectivity index (χ1v) is 14.8. The topological polar surface area (TPSA) is 109 Å². The maximum Gasteiger partial charge on any atom is 0.417 e. The number of rotatable bonds is 6. The number of aromatic nitrogens is 2. The summed E-state index contributed by atoms with van der Waals surface area (Å²) in [4.78, 5) is 28.9. The number of ether oxygens (including phenoxy) is 1. The Morgan fingerprint density at radius 3 is 2.59 bits per heavy atom. The molecule has 10 nitrogen and oxygen atoms in total. The van der Waals surface area contributed by atoms with Crippen molar-refractivity contribution in [2.45, 2.75) is 50.5 Å². The summed E-state index contributed by atoms with van der Waals surface area (Å²) in [7, 11) is 2.05. The molecule has 2 aromatic carbocycles. The highest BCUT2D eigenvalue weighted by molar-refractivity contribution is 5.97. The number of alkyl halides is 3. The molecule has 3 aliphatic rings. The van der Waals surface area contributed by atoms with Crippen LogP contribution in [0.1, 0.15) is 36.1 Å². The van der Waals surface area contributed by atoms with Crippen molar-refractivity contribution in [1.29, 1.82) is 5.26 Å². The van der Waals surface area contributed by atoms with Gasteiger partial charge in [0.15, 0.2) is 0 Å². The summed E-state index contributed by atoms with van der Waals surface area (Å²) in [6, 6.07) is 11.4. The second kappa shape index (κ2) is 12.0. The van der Waals surface area contributed by atoms with Crippen LogP contribution in [0.15, 0.2) is 36.4 Å². The van der Waals surface area contributed by atoms with Gasteiger partial charge in [-0.1, -0.05) is 24.3 Å². The number of carbonyl (C=O) groups is 1. The highest BCUT2D eigenvalue weighted by atomic mass is 19.4. The summed E-state index contributed by atoms with van der Waals surface area (Å²) in [6.07, 6.45) is -2.98. The molecule has 6 rings (SSSR count). The third-order valence-electron chi connectivity index (χ3n) is 8.98. The first-order valence-electron chi connectivity index (χ1n) is 14.8. The van der Waals surface area contributed by atoms with E-state index in [1.807, 2.05) is 9.80 Å². The molecule has 1 N–H and O–H groups in total. The lowest BCUT2D eigenvalue weighted by molar-refractivity contribution is -0.136. The van der Waals surface area contributed by atoms with Crippen molar-refractivity contribution in [3.05, 3.63) is 53.2 Å². The number of halogens is 3. The van der Waals surface area contributed by atoms with Crippen LogP contribution in [0.25, 0.3) is 10.8 Å². The average Bonchev–Trinajstić information content (AvgIpc) is 3.42. The molecule has 2 saturated heterocycles. The Bertz CT molecular complexity index is 1590. The molecule has 1 amide bonds. The Morgan fingerprint density at radius 1 is 1.09 bits per heavy atom. The second-order valence-electron chi connectivity index (χ2n) is 11.6. The molecule has 4 heterocycles. The molecule has 3 aliphatic heterocycles. The number of carboxylic acid groups (broad SMARTS) is 1. The number of anilines is 2. The third-order valence-corrected chi connectivity index (χ3v) is 8.98. The lowest BCUT2D eigenvalue weighted by Gasteiger charge is -2.41. The molecule has 2 fully saturated rings. The van der Waals surface area contributed by atoms with E-state index in [2.05, 4.69) is 18.0 Å². The molecule has 2 unspecified atom stereocenters. The van der Waals surface area contributed by atoms with Crippen LogP contribution >= 0.6 is 0 Å². The van der Waals surface area contributed by atoms with Crippen LogP contribution in [0.3, 0.4) is 0 Å². The highest BCUT2D eigenvalue weighted by Gasteiger charge is 2.36. The fourth-order valence-electron chi connectivity index (χ4n) is 6.68. The van der Waals surface area contributed by atoms with Gasteiger partial charge in [-0.3, -0.25) is 0 Å². The first kappa shape index (κ1) is 29.7. The number of piperazine rings is 1. The summed E-state index contributed by atoms with van der Waals surface area (Å²) in [5, 5.41) is 19.7. The largest absolute Gasteiger partial charge is 0.465 e. The van der Waals surface area contributed by atoms with E-state index in [0.29, 0.717) is 48.7 Å². The molecule has 3 aromatic rings. The SMILES string of the molecule is CN1CCCC1COc1nc2c(c(N3CCN(C(=O)O)C(CC#N)C3)n1)CCN(c1cccc3cccc(C(F)(F)F)c13)C2. The molecule has 0 bridgehead atoms. The molecule has 0 radical (unpaired) electrons. The number of benzene rings is 2. The smallest absolute Gasteiger partial charge is 0.417 e. The van der Waals surface area contributed by atoms with Crippen molar-refractivity contribution in [2.75, 3.05) is 56.2 Å². The van der Waals surface area contributed by atoms with E-state index in [1.165, 1.54) is 11.0 Å². The number of hydrogen-bond donors (Lipinski definition) is 1. The molecule has 0 saturated carbocycles. The average molecular weight is 610 g/mol. The van der Waals surface area contributed by atoms with Crippen LogP contribution in [0, 0.1) is 11.3 Å². The van der Waals surface area contributed by atoms with Gasteiger partial charge >= 0.3 is 18.3 Å². The normalized spacial score (nSPS) is 20.9. The Morgan fingerprint density at radius 2 is 1.89 bits per heavy atom. The summed E-state index contributed by atoms with van der Waals surface area (Å²) in [5.41, 5.74) is 1.34. The minimum Gasteiger partial charge on any atom is -0.465 e. The number of fused-ring (bicyclic) bond motifs is 2. The Labute approximate surface area is 253 Å².